The lowest BCUT2D eigenvalue weighted by atomic mass is 9.88. The van der Waals surface area contributed by atoms with Crippen LogP contribution >= 0.6 is 0 Å². The van der Waals surface area contributed by atoms with E-state index in [4.69, 9.17) is 24.1 Å². The van der Waals surface area contributed by atoms with Gasteiger partial charge in [0.1, 0.15) is 17.3 Å². The molecule has 1 aliphatic carbocycles. The van der Waals surface area contributed by atoms with Crippen molar-refractivity contribution in [3.63, 3.8) is 0 Å². The predicted molar refractivity (Wildman–Crippen MR) is 177 cm³/mol. The zero-order valence-corrected chi connectivity index (χ0v) is 27.5. The van der Waals surface area contributed by atoms with Crippen LogP contribution in [0.1, 0.15) is 82.8 Å². The van der Waals surface area contributed by atoms with Gasteiger partial charge in [0.15, 0.2) is 0 Å². The molecular weight excluding hydrogens is 568 g/mol. The van der Waals surface area contributed by atoms with Gasteiger partial charge in [-0.3, -0.25) is 4.79 Å². The van der Waals surface area contributed by atoms with Crippen LogP contribution < -0.4 is 9.47 Å². The van der Waals surface area contributed by atoms with Gasteiger partial charge in [0.25, 0.3) is 0 Å². The molecule has 0 amide bonds. The first-order valence-corrected chi connectivity index (χ1v) is 16.4. The lowest BCUT2D eigenvalue weighted by molar-refractivity contribution is -0.131. The SMILES string of the molecule is CCCC[C@H](C)C[C@@H](/C=C/[C@H]1C(OCc2ccc(OC)cc2)CC(=O)[C@@H]1CCCC/C=C/C(=O)O)OCc1ccc(OC)cc1. The highest BCUT2D eigenvalue weighted by molar-refractivity contribution is 5.84. The van der Waals surface area contributed by atoms with Crippen LogP contribution in [0.4, 0.5) is 0 Å². The standard InChI is InChI=1S/C38H52O7/c1-5-6-11-28(2)24-33(44-26-29-14-18-31(42-3)19-15-29)22-23-35-34(12-9-7-8-10-13-38(40)41)36(39)25-37(35)45-27-30-16-20-32(43-4)21-17-30/h10,13-23,28,33-35,37H,5-9,11-12,24-27H2,1-4H3,(H,40,41)/b13-10+,23-22+/t28-,33+,34+,35+,37?/m0/s1. The summed E-state index contributed by atoms with van der Waals surface area (Å²) in [6, 6.07) is 15.8. The second-order valence-electron chi connectivity index (χ2n) is 12.1. The topological polar surface area (TPSA) is 91.3 Å². The molecule has 2 aromatic rings. The van der Waals surface area contributed by atoms with Crippen molar-refractivity contribution in [3.05, 3.63) is 84.0 Å². The van der Waals surface area contributed by atoms with E-state index in [1.807, 2.05) is 48.5 Å². The molecule has 0 aliphatic heterocycles. The number of unbranched alkanes of at least 4 members (excludes halogenated alkanes) is 3. The van der Waals surface area contributed by atoms with Crippen molar-refractivity contribution in [2.75, 3.05) is 14.2 Å². The monoisotopic (exact) mass is 620 g/mol. The largest absolute Gasteiger partial charge is 0.497 e. The van der Waals surface area contributed by atoms with Crippen LogP contribution in [0.2, 0.25) is 0 Å². The molecule has 1 aliphatic rings. The zero-order valence-electron chi connectivity index (χ0n) is 27.5. The molecule has 5 atom stereocenters. The Labute approximate surface area is 269 Å². The number of carbonyl (C=O) groups excluding carboxylic acids is 1. The van der Waals surface area contributed by atoms with E-state index in [9.17, 15) is 9.59 Å². The first-order chi connectivity index (χ1) is 21.8. The van der Waals surface area contributed by atoms with Gasteiger partial charge in [-0.2, -0.15) is 0 Å². The van der Waals surface area contributed by atoms with Gasteiger partial charge in [-0.25, -0.2) is 4.79 Å². The molecule has 0 aromatic heterocycles. The second-order valence-corrected chi connectivity index (χ2v) is 12.1. The number of Topliss-reactive ketones (excluding diaryl/α,β-unsaturated/α-hetero) is 1. The number of ether oxygens (including phenoxy) is 4. The van der Waals surface area contributed by atoms with E-state index in [-0.39, 0.29) is 29.8 Å². The number of carboxylic acid groups (broad SMARTS) is 1. The number of rotatable bonds is 21. The van der Waals surface area contributed by atoms with Crippen LogP contribution in [0.3, 0.4) is 0 Å². The molecule has 0 saturated heterocycles. The molecule has 7 heteroatoms. The number of carboxylic acids is 1. The van der Waals surface area contributed by atoms with Crippen molar-refractivity contribution >= 4 is 11.8 Å². The summed E-state index contributed by atoms with van der Waals surface area (Å²) in [6.45, 7) is 5.42. The molecular formula is C38H52O7. The van der Waals surface area contributed by atoms with E-state index in [2.05, 4.69) is 26.0 Å². The number of hydrogen-bond donors (Lipinski definition) is 1. The van der Waals surface area contributed by atoms with E-state index in [0.29, 0.717) is 32.0 Å². The minimum atomic E-state index is -0.934. The molecule has 2 aromatic carbocycles. The van der Waals surface area contributed by atoms with E-state index in [1.165, 1.54) is 18.9 Å². The Bertz CT molecular complexity index is 1200. The Balaban J connectivity index is 1.75. The first-order valence-electron chi connectivity index (χ1n) is 16.4. The maximum absolute atomic E-state index is 13.3. The van der Waals surface area contributed by atoms with Gasteiger partial charge < -0.3 is 24.1 Å². The predicted octanol–water partition coefficient (Wildman–Crippen LogP) is 8.35. The van der Waals surface area contributed by atoms with Crippen molar-refractivity contribution in [1.82, 2.24) is 0 Å². The summed E-state index contributed by atoms with van der Waals surface area (Å²) in [4.78, 5) is 24.1. The molecule has 1 N–H and O–H groups in total. The summed E-state index contributed by atoms with van der Waals surface area (Å²) in [7, 11) is 3.31. The Kier molecular flexibility index (Phi) is 15.9. The van der Waals surface area contributed by atoms with Gasteiger partial charge in [-0.1, -0.05) is 82.0 Å². The van der Waals surface area contributed by atoms with Crippen molar-refractivity contribution in [3.8, 4) is 11.5 Å². The fourth-order valence-corrected chi connectivity index (χ4v) is 5.92. The Hall–Kier alpha value is -3.42. The molecule has 3 rings (SSSR count). The highest BCUT2D eigenvalue weighted by Gasteiger charge is 2.41. The number of ketones is 1. The fourth-order valence-electron chi connectivity index (χ4n) is 5.92. The lowest BCUT2D eigenvalue weighted by Gasteiger charge is -2.24. The van der Waals surface area contributed by atoms with Crippen LogP contribution in [-0.2, 0) is 32.3 Å². The quantitative estimate of drug-likeness (QED) is 0.0852. The molecule has 0 bridgehead atoms. The van der Waals surface area contributed by atoms with Crippen LogP contribution in [0.15, 0.2) is 72.8 Å². The Morgan fingerprint density at radius 3 is 2.20 bits per heavy atom. The number of allylic oxidation sites excluding steroid dienone is 1. The summed E-state index contributed by atoms with van der Waals surface area (Å²) >= 11 is 0. The van der Waals surface area contributed by atoms with Crippen LogP contribution in [0.5, 0.6) is 11.5 Å². The van der Waals surface area contributed by atoms with E-state index >= 15 is 0 Å². The molecule has 1 fully saturated rings. The second kappa shape index (κ2) is 19.9. The summed E-state index contributed by atoms with van der Waals surface area (Å²) in [5.41, 5.74) is 2.12. The smallest absolute Gasteiger partial charge is 0.327 e. The average molecular weight is 621 g/mol. The maximum atomic E-state index is 13.3. The molecule has 45 heavy (non-hydrogen) atoms. The third kappa shape index (κ3) is 12.8. The molecule has 0 spiro atoms. The van der Waals surface area contributed by atoms with Gasteiger partial charge in [-0.15, -0.1) is 0 Å². The number of aliphatic carboxylic acids is 1. The number of hydrogen-bond acceptors (Lipinski definition) is 6. The van der Waals surface area contributed by atoms with Crippen molar-refractivity contribution in [2.45, 2.75) is 97.1 Å². The maximum Gasteiger partial charge on any atom is 0.327 e. The van der Waals surface area contributed by atoms with Crippen LogP contribution in [0.25, 0.3) is 0 Å². The van der Waals surface area contributed by atoms with E-state index in [0.717, 1.165) is 54.7 Å². The molecule has 1 unspecified atom stereocenters. The number of methoxy groups -OCH3 is 2. The molecule has 0 radical (unpaired) electrons. The molecule has 1 saturated carbocycles. The highest BCUT2D eigenvalue weighted by Crippen LogP contribution is 2.37. The van der Waals surface area contributed by atoms with Crippen molar-refractivity contribution in [2.24, 2.45) is 17.8 Å². The van der Waals surface area contributed by atoms with Crippen molar-refractivity contribution in [1.29, 1.82) is 0 Å². The Morgan fingerprint density at radius 2 is 1.60 bits per heavy atom. The minimum absolute atomic E-state index is 0.0525. The number of carbonyl (C=O) groups is 2. The summed E-state index contributed by atoms with van der Waals surface area (Å²) in [5, 5.41) is 8.85. The fraction of sp³-hybridized carbons (Fsp3) is 0.526. The molecule has 246 valence electrons. The lowest BCUT2D eigenvalue weighted by Crippen LogP contribution is -2.23. The van der Waals surface area contributed by atoms with Gasteiger partial charge in [0, 0.05) is 24.3 Å². The van der Waals surface area contributed by atoms with E-state index in [1.54, 1.807) is 20.3 Å². The van der Waals surface area contributed by atoms with Crippen LogP contribution in [-0.4, -0.2) is 43.3 Å². The Morgan fingerprint density at radius 1 is 0.956 bits per heavy atom. The zero-order chi connectivity index (χ0) is 32.4. The summed E-state index contributed by atoms with van der Waals surface area (Å²) in [6.07, 6.45) is 14.8. The summed E-state index contributed by atoms with van der Waals surface area (Å²) < 4.78 is 23.5. The normalized spacial score (nSPS) is 19.7. The van der Waals surface area contributed by atoms with E-state index < -0.39 is 5.97 Å². The third-order valence-corrected chi connectivity index (χ3v) is 8.59. The molecule has 0 heterocycles. The third-order valence-electron chi connectivity index (χ3n) is 8.59. The number of benzene rings is 2. The highest BCUT2D eigenvalue weighted by atomic mass is 16.5. The molecule has 7 nitrogen and oxygen atoms in total. The van der Waals surface area contributed by atoms with Gasteiger partial charge in [-0.05, 0) is 67.0 Å². The minimum Gasteiger partial charge on any atom is -0.497 e. The first kappa shape index (κ1) is 36.1. The average Bonchev–Trinajstić information content (AvgIpc) is 3.35. The summed E-state index contributed by atoms with van der Waals surface area (Å²) in [5.74, 6) is 1.24. The van der Waals surface area contributed by atoms with Crippen molar-refractivity contribution < 1.29 is 33.6 Å². The van der Waals surface area contributed by atoms with Gasteiger partial charge in [0.05, 0.1) is 39.6 Å². The van der Waals surface area contributed by atoms with Gasteiger partial charge >= 0.3 is 5.97 Å². The van der Waals surface area contributed by atoms with Crippen LogP contribution in [0, 0.1) is 17.8 Å². The van der Waals surface area contributed by atoms with Gasteiger partial charge in [0.2, 0.25) is 0 Å².